The largest absolute Gasteiger partial charge is 0.344 e. The molecule has 1 aliphatic rings. The molecule has 3 heterocycles. The number of amides is 1. The highest BCUT2D eigenvalue weighted by Crippen LogP contribution is 2.41. The second-order valence-corrected chi connectivity index (χ2v) is 7.64. The highest BCUT2D eigenvalue weighted by atomic mass is 16.5. The number of aromatic nitrogens is 3. The van der Waals surface area contributed by atoms with Crippen LogP contribution in [-0.2, 0) is 0 Å². The van der Waals surface area contributed by atoms with Crippen LogP contribution in [0.3, 0.4) is 0 Å². The minimum absolute atomic E-state index is 0.165. The summed E-state index contributed by atoms with van der Waals surface area (Å²) >= 11 is 0. The first-order chi connectivity index (χ1) is 14.7. The highest BCUT2D eigenvalue weighted by molar-refractivity contribution is 6.09. The summed E-state index contributed by atoms with van der Waals surface area (Å²) < 4.78 is 5.58. The van der Waals surface area contributed by atoms with Gasteiger partial charge in [-0.3, -0.25) is 9.78 Å². The molecule has 0 bridgehead atoms. The molecule has 1 saturated carbocycles. The van der Waals surface area contributed by atoms with Crippen molar-refractivity contribution in [2.75, 3.05) is 0 Å². The van der Waals surface area contributed by atoms with Crippen LogP contribution in [-0.4, -0.2) is 21.0 Å². The smallest absolute Gasteiger partial charge is 0.259 e. The molecule has 1 N–H and O–H groups in total. The summed E-state index contributed by atoms with van der Waals surface area (Å²) in [5.74, 6) is 0.228. The third-order valence-electron chi connectivity index (χ3n) is 5.51. The Morgan fingerprint density at radius 3 is 2.67 bits per heavy atom. The molecule has 4 aromatic rings. The van der Waals surface area contributed by atoms with Gasteiger partial charge in [0, 0.05) is 23.4 Å². The number of rotatable bonds is 6. The van der Waals surface area contributed by atoms with Crippen molar-refractivity contribution in [3.05, 3.63) is 77.7 Å². The van der Waals surface area contributed by atoms with Gasteiger partial charge in [0.1, 0.15) is 5.69 Å². The molecule has 0 unspecified atom stereocenters. The number of nitrogens with one attached hydrogen (secondary N) is 1. The normalized spacial score (nSPS) is 14.6. The summed E-state index contributed by atoms with van der Waals surface area (Å²) in [4.78, 5) is 22.5. The van der Waals surface area contributed by atoms with Gasteiger partial charge in [0.05, 0.1) is 22.7 Å². The molecule has 1 amide bonds. The van der Waals surface area contributed by atoms with Gasteiger partial charge in [-0.25, -0.2) is 4.98 Å². The van der Waals surface area contributed by atoms with Crippen molar-refractivity contribution in [1.29, 1.82) is 0 Å². The van der Waals surface area contributed by atoms with Crippen molar-refractivity contribution in [3.8, 4) is 11.3 Å². The minimum atomic E-state index is -0.175. The Morgan fingerprint density at radius 2 is 1.97 bits per heavy atom. The molecule has 30 heavy (non-hydrogen) atoms. The number of hydrogen-bond acceptors (Lipinski definition) is 5. The molecule has 5 rings (SSSR count). The molecule has 0 saturated heterocycles. The second-order valence-electron chi connectivity index (χ2n) is 7.64. The van der Waals surface area contributed by atoms with Gasteiger partial charge in [0.25, 0.3) is 11.6 Å². The van der Waals surface area contributed by atoms with Crippen LogP contribution in [0.25, 0.3) is 22.4 Å². The van der Waals surface area contributed by atoms with Crippen molar-refractivity contribution in [2.45, 2.75) is 38.1 Å². The van der Waals surface area contributed by atoms with Gasteiger partial charge in [-0.15, -0.1) is 0 Å². The maximum absolute atomic E-state index is 13.4. The minimum Gasteiger partial charge on any atom is -0.344 e. The molecule has 0 spiro atoms. The average Bonchev–Trinajstić information content (AvgIpc) is 3.57. The van der Waals surface area contributed by atoms with Gasteiger partial charge in [-0.05, 0) is 37.5 Å². The molecule has 6 heteroatoms. The van der Waals surface area contributed by atoms with E-state index in [2.05, 4.69) is 20.4 Å². The monoisotopic (exact) mass is 398 g/mol. The van der Waals surface area contributed by atoms with Gasteiger partial charge in [0.15, 0.2) is 0 Å². The van der Waals surface area contributed by atoms with Crippen molar-refractivity contribution < 1.29 is 9.32 Å². The van der Waals surface area contributed by atoms with E-state index in [0.717, 1.165) is 36.2 Å². The van der Waals surface area contributed by atoms with Crippen molar-refractivity contribution in [1.82, 2.24) is 20.4 Å². The van der Waals surface area contributed by atoms with Gasteiger partial charge in [-0.2, -0.15) is 0 Å². The van der Waals surface area contributed by atoms with E-state index in [0.29, 0.717) is 28.3 Å². The van der Waals surface area contributed by atoms with Crippen LogP contribution in [0.5, 0.6) is 0 Å². The number of pyridine rings is 2. The average molecular weight is 398 g/mol. The number of hydrogen-bond donors (Lipinski definition) is 1. The molecular formula is C24H22N4O2. The molecule has 3 aromatic heterocycles. The molecular weight excluding hydrogens is 376 g/mol. The lowest BCUT2D eigenvalue weighted by molar-refractivity contribution is 0.0936. The predicted molar refractivity (Wildman–Crippen MR) is 114 cm³/mol. The summed E-state index contributed by atoms with van der Waals surface area (Å²) in [6.45, 7) is 2.03. The lowest BCUT2D eigenvalue weighted by Gasteiger charge is -2.17. The van der Waals surface area contributed by atoms with E-state index in [9.17, 15) is 4.79 Å². The Bertz CT molecular complexity index is 1180. The predicted octanol–water partition coefficient (Wildman–Crippen LogP) is 5.04. The number of carbonyl (C=O) groups is 1. The Kier molecular flexibility index (Phi) is 4.75. The molecule has 1 atom stereocenters. The lowest BCUT2D eigenvalue weighted by atomic mass is 10.0. The van der Waals surface area contributed by atoms with Crippen LogP contribution in [0.15, 0.2) is 65.3 Å². The standard InChI is InChI=1S/C24H22N4O2/c1-2-18(19-10-6-7-13-25-19)26-23(29)17-14-20(15-11-12-15)27-24-21(17)22(28-30-24)16-8-4-3-5-9-16/h3-10,13-15,18H,2,11-12H2,1H3,(H,26,29)/t18-/m0/s1. The summed E-state index contributed by atoms with van der Waals surface area (Å²) in [5, 5.41) is 8.06. The van der Waals surface area contributed by atoms with Gasteiger partial charge in [-0.1, -0.05) is 48.5 Å². The van der Waals surface area contributed by atoms with E-state index >= 15 is 0 Å². The first-order valence-corrected chi connectivity index (χ1v) is 10.3. The van der Waals surface area contributed by atoms with E-state index in [4.69, 9.17) is 4.52 Å². The van der Waals surface area contributed by atoms with Crippen LogP contribution in [0, 0.1) is 0 Å². The summed E-state index contributed by atoms with van der Waals surface area (Å²) in [7, 11) is 0. The van der Waals surface area contributed by atoms with E-state index < -0.39 is 0 Å². The fourth-order valence-corrected chi connectivity index (χ4v) is 3.73. The van der Waals surface area contributed by atoms with E-state index in [-0.39, 0.29) is 11.9 Å². The number of carbonyl (C=O) groups excluding carboxylic acids is 1. The number of nitrogens with zero attached hydrogens (tertiary/aromatic N) is 3. The van der Waals surface area contributed by atoms with Crippen LogP contribution in [0.1, 0.15) is 59.9 Å². The second kappa shape index (κ2) is 7.71. The van der Waals surface area contributed by atoms with Crippen molar-refractivity contribution in [2.24, 2.45) is 0 Å². The zero-order valence-corrected chi connectivity index (χ0v) is 16.7. The van der Waals surface area contributed by atoms with Gasteiger partial charge >= 0.3 is 0 Å². The molecule has 1 aromatic carbocycles. The highest BCUT2D eigenvalue weighted by Gasteiger charge is 2.30. The SMILES string of the molecule is CC[C@H](NC(=O)c1cc(C2CC2)nc2onc(-c3ccccc3)c12)c1ccccn1. The van der Waals surface area contributed by atoms with Crippen molar-refractivity contribution >= 4 is 17.0 Å². The van der Waals surface area contributed by atoms with Crippen LogP contribution in [0.2, 0.25) is 0 Å². The first kappa shape index (κ1) is 18.5. The van der Waals surface area contributed by atoms with Crippen LogP contribution < -0.4 is 5.32 Å². The zero-order valence-electron chi connectivity index (χ0n) is 16.7. The third kappa shape index (κ3) is 3.45. The summed E-state index contributed by atoms with van der Waals surface area (Å²) in [5.41, 5.74) is 4.23. The third-order valence-corrected chi connectivity index (χ3v) is 5.51. The Hall–Kier alpha value is -3.54. The molecule has 150 valence electrons. The lowest BCUT2D eigenvalue weighted by Crippen LogP contribution is -2.29. The number of fused-ring (bicyclic) bond motifs is 1. The van der Waals surface area contributed by atoms with Crippen LogP contribution >= 0.6 is 0 Å². The maximum Gasteiger partial charge on any atom is 0.259 e. The fourth-order valence-electron chi connectivity index (χ4n) is 3.73. The van der Waals surface area contributed by atoms with Gasteiger partial charge in [0.2, 0.25) is 0 Å². The topological polar surface area (TPSA) is 80.9 Å². The van der Waals surface area contributed by atoms with Crippen molar-refractivity contribution in [3.63, 3.8) is 0 Å². The quantitative estimate of drug-likeness (QED) is 0.492. The maximum atomic E-state index is 13.4. The van der Waals surface area contributed by atoms with E-state index in [1.165, 1.54) is 0 Å². The summed E-state index contributed by atoms with van der Waals surface area (Å²) in [6.07, 6.45) is 4.66. The summed E-state index contributed by atoms with van der Waals surface area (Å²) in [6, 6.07) is 17.2. The van der Waals surface area contributed by atoms with Gasteiger partial charge < -0.3 is 9.84 Å². The first-order valence-electron chi connectivity index (χ1n) is 10.3. The molecule has 6 nitrogen and oxygen atoms in total. The molecule has 0 radical (unpaired) electrons. The van der Waals surface area contributed by atoms with E-state index in [1.54, 1.807) is 6.20 Å². The Balaban J connectivity index is 1.59. The molecule has 0 aliphatic heterocycles. The molecule has 1 fully saturated rings. The Labute approximate surface area is 174 Å². The number of benzene rings is 1. The fraction of sp³-hybridized carbons (Fsp3) is 0.250. The zero-order chi connectivity index (χ0) is 20.5. The van der Waals surface area contributed by atoms with Crippen LogP contribution in [0.4, 0.5) is 0 Å². The van der Waals surface area contributed by atoms with E-state index in [1.807, 2.05) is 61.5 Å². The molecule has 1 aliphatic carbocycles. The Morgan fingerprint density at radius 1 is 1.17 bits per heavy atom.